The molecule has 8 bridgehead atoms. The molecule has 3 aromatic heterocycles. The number of hydrogen-bond acceptors (Lipinski definition) is 2. The van der Waals surface area contributed by atoms with Crippen molar-refractivity contribution in [1.82, 2.24) is 19.9 Å². The van der Waals surface area contributed by atoms with Gasteiger partial charge >= 0.3 is 0 Å². The Morgan fingerprint density at radius 1 is 0.550 bits per heavy atom. The number of halogens is 5. The lowest BCUT2D eigenvalue weighted by molar-refractivity contribution is 0.381. The van der Waals surface area contributed by atoms with Crippen molar-refractivity contribution < 1.29 is 22.0 Å². The summed E-state index contributed by atoms with van der Waals surface area (Å²) in [5.41, 5.74) is 3.70. The lowest BCUT2D eigenvalue weighted by atomic mass is 9.97. The number of rotatable bonds is 2. The molecule has 0 unspecified atom stereocenters. The van der Waals surface area contributed by atoms with Gasteiger partial charge in [-0.15, -0.1) is 0 Å². The largest absolute Gasteiger partial charge is 0.355 e. The molecule has 40 heavy (non-hydrogen) atoms. The fraction of sp³-hybridized carbons (Fsp3) is 0.0323. The van der Waals surface area contributed by atoms with Crippen molar-refractivity contribution in [2.24, 2.45) is 0 Å². The zero-order valence-electron chi connectivity index (χ0n) is 20.4. The summed E-state index contributed by atoms with van der Waals surface area (Å²) >= 11 is 0. The van der Waals surface area contributed by atoms with Crippen molar-refractivity contribution in [3.63, 3.8) is 0 Å². The maximum atomic E-state index is 15.0. The third kappa shape index (κ3) is 3.81. The number of nitrogens with zero attached hydrogens (tertiary/aromatic N) is 2. The topological polar surface area (TPSA) is 57.4 Å². The van der Waals surface area contributed by atoms with Gasteiger partial charge in [-0.3, -0.25) is 0 Å². The highest BCUT2D eigenvalue weighted by molar-refractivity contribution is 5.94. The summed E-state index contributed by atoms with van der Waals surface area (Å²) < 4.78 is 72.5. The minimum Gasteiger partial charge on any atom is -0.355 e. The number of aromatic amines is 2. The van der Waals surface area contributed by atoms with Gasteiger partial charge < -0.3 is 9.97 Å². The zero-order chi connectivity index (χ0) is 27.5. The minimum atomic E-state index is -2.22. The molecular weight excluding hydrogens is 523 g/mol. The number of benzene rings is 1. The molecule has 4 aromatic rings. The van der Waals surface area contributed by atoms with Crippen molar-refractivity contribution in [1.29, 1.82) is 0 Å². The molecular formula is C31H17F5N4. The summed E-state index contributed by atoms with van der Waals surface area (Å²) in [5.74, 6) is -10.1. The van der Waals surface area contributed by atoms with Crippen LogP contribution in [0.3, 0.4) is 0 Å². The van der Waals surface area contributed by atoms with E-state index < -0.39 is 34.6 Å². The Bertz CT molecular complexity index is 1890. The van der Waals surface area contributed by atoms with E-state index in [2.05, 4.69) is 22.1 Å². The van der Waals surface area contributed by atoms with Crippen LogP contribution in [0.2, 0.25) is 0 Å². The molecule has 5 heterocycles. The number of hydrogen-bond donors (Lipinski definition) is 2. The number of aromatic nitrogens is 4. The maximum absolute atomic E-state index is 15.0. The van der Waals surface area contributed by atoms with E-state index in [1.807, 2.05) is 36.5 Å². The summed E-state index contributed by atoms with van der Waals surface area (Å²) in [5, 5.41) is 0. The molecule has 7 rings (SSSR count). The van der Waals surface area contributed by atoms with Gasteiger partial charge in [0.05, 0.1) is 28.3 Å². The highest BCUT2D eigenvalue weighted by Crippen LogP contribution is 2.37. The van der Waals surface area contributed by atoms with Crippen molar-refractivity contribution in [2.45, 2.75) is 5.92 Å². The van der Waals surface area contributed by atoms with E-state index in [0.29, 0.717) is 22.4 Å². The lowest BCUT2D eigenvalue weighted by Gasteiger charge is -2.09. The highest BCUT2D eigenvalue weighted by Gasteiger charge is 2.28. The Morgan fingerprint density at radius 3 is 1.52 bits per heavy atom. The first-order chi connectivity index (χ1) is 19.4. The molecule has 0 spiro atoms. The van der Waals surface area contributed by atoms with Gasteiger partial charge in [-0.1, -0.05) is 24.3 Å². The molecule has 4 nitrogen and oxygen atoms in total. The third-order valence-electron chi connectivity index (χ3n) is 6.98. The Morgan fingerprint density at radius 2 is 1.02 bits per heavy atom. The van der Waals surface area contributed by atoms with Crippen LogP contribution in [0.4, 0.5) is 22.0 Å². The predicted octanol–water partition coefficient (Wildman–Crippen LogP) is 8.23. The van der Waals surface area contributed by atoms with Crippen LogP contribution < -0.4 is 0 Å². The number of allylic oxidation sites excluding steroid dienone is 4. The van der Waals surface area contributed by atoms with E-state index in [1.165, 1.54) is 12.1 Å². The molecule has 9 heteroatoms. The van der Waals surface area contributed by atoms with Gasteiger partial charge in [-0.05, 0) is 60.7 Å². The zero-order valence-corrected chi connectivity index (χ0v) is 20.4. The van der Waals surface area contributed by atoms with Crippen LogP contribution in [0.15, 0.2) is 60.7 Å². The minimum absolute atomic E-state index is 0.00276. The summed E-state index contributed by atoms with van der Waals surface area (Å²) in [7, 11) is 0. The van der Waals surface area contributed by atoms with Crippen molar-refractivity contribution in [3.8, 4) is 11.1 Å². The van der Waals surface area contributed by atoms with Crippen LogP contribution in [-0.2, 0) is 0 Å². The Balaban J connectivity index is 1.59. The van der Waals surface area contributed by atoms with Gasteiger partial charge in [0.25, 0.3) is 0 Å². The highest BCUT2D eigenvalue weighted by atomic mass is 19.2. The monoisotopic (exact) mass is 540 g/mol. The van der Waals surface area contributed by atoms with Gasteiger partial charge in [0.2, 0.25) is 5.82 Å². The second kappa shape index (κ2) is 9.01. The molecule has 1 aromatic carbocycles. The van der Waals surface area contributed by atoms with Gasteiger partial charge in [-0.2, -0.15) is 0 Å². The molecule has 2 aliphatic heterocycles. The summed E-state index contributed by atoms with van der Waals surface area (Å²) in [6, 6.07) is 9.77. The molecule has 0 amide bonds. The fourth-order valence-corrected chi connectivity index (χ4v) is 5.16. The van der Waals surface area contributed by atoms with Crippen molar-refractivity contribution in [3.05, 3.63) is 118 Å². The molecule has 196 valence electrons. The summed E-state index contributed by atoms with van der Waals surface area (Å²) in [6.45, 7) is 0. The Labute approximate surface area is 223 Å². The maximum Gasteiger partial charge on any atom is 0.200 e. The average Bonchev–Trinajstić information content (AvgIpc) is 3.77. The normalized spacial score (nSPS) is 14.1. The Kier molecular flexibility index (Phi) is 5.41. The van der Waals surface area contributed by atoms with Gasteiger partial charge in [-0.25, -0.2) is 31.9 Å². The average molecular weight is 540 g/mol. The van der Waals surface area contributed by atoms with Gasteiger partial charge in [0.1, 0.15) is 0 Å². The molecule has 0 radical (unpaired) electrons. The molecule has 1 aliphatic carbocycles. The Hall–Kier alpha value is -5.05. The molecule has 0 atom stereocenters. The number of H-pyrrole nitrogens is 2. The standard InChI is InChI=1S/C31H17F5N4/c32-27-26(28(33)30(35)31(36)29(27)34)25-22-11-7-18(39-22)13-16-5-9-20(37-16)24(15-3-1-2-4-15)21-10-6-17(38-21)14-19-8-12-23(25)40-19/h1-15,39-40H. The van der Waals surface area contributed by atoms with Crippen LogP contribution in [0, 0.1) is 29.1 Å². The molecule has 0 saturated carbocycles. The molecule has 2 N–H and O–H groups in total. The van der Waals surface area contributed by atoms with Crippen LogP contribution in [-0.4, -0.2) is 19.9 Å². The van der Waals surface area contributed by atoms with E-state index in [0.717, 1.165) is 17.0 Å². The van der Waals surface area contributed by atoms with Crippen LogP contribution >= 0.6 is 0 Å². The van der Waals surface area contributed by atoms with Crippen molar-refractivity contribution in [2.75, 3.05) is 0 Å². The third-order valence-corrected chi connectivity index (χ3v) is 6.98. The van der Waals surface area contributed by atoms with E-state index >= 15 is 8.78 Å². The van der Waals surface area contributed by atoms with Crippen LogP contribution in [0.5, 0.6) is 0 Å². The van der Waals surface area contributed by atoms with E-state index in [9.17, 15) is 13.2 Å². The second-order valence-electron chi connectivity index (χ2n) is 9.48. The van der Waals surface area contributed by atoms with Crippen molar-refractivity contribution >= 4 is 46.4 Å². The van der Waals surface area contributed by atoms with E-state index in [-0.39, 0.29) is 22.5 Å². The van der Waals surface area contributed by atoms with E-state index in [1.54, 1.807) is 24.3 Å². The smallest absolute Gasteiger partial charge is 0.200 e. The molecule has 0 fully saturated rings. The molecule has 3 aliphatic rings. The SMILES string of the molecule is Fc1c(F)c(F)c(-c2c3ccc(cc4nc(c(C5C=CC=C5)c5nc(cc6ccc2[nH]6)C=C5)C=C4)[nH]3)c(F)c1F. The summed E-state index contributed by atoms with van der Waals surface area (Å²) in [6.07, 6.45) is 15.5. The van der Waals surface area contributed by atoms with Crippen LogP contribution in [0.1, 0.15) is 34.3 Å². The number of nitrogens with one attached hydrogen (secondary N) is 2. The van der Waals surface area contributed by atoms with Gasteiger partial charge in [0.15, 0.2) is 23.3 Å². The molecule has 0 saturated heterocycles. The first kappa shape index (κ1) is 24.0. The van der Waals surface area contributed by atoms with Gasteiger partial charge in [0, 0.05) is 39.1 Å². The quantitative estimate of drug-likeness (QED) is 0.132. The second-order valence-corrected chi connectivity index (χ2v) is 9.48. The fourth-order valence-electron chi connectivity index (χ4n) is 5.16. The summed E-state index contributed by atoms with van der Waals surface area (Å²) in [4.78, 5) is 15.6. The predicted molar refractivity (Wildman–Crippen MR) is 145 cm³/mol. The number of fused-ring (bicyclic) bond motifs is 8. The first-order valence-electron chi connectivity index (χ1n) is 12.3. The van der Waals surface area contributed by atoms with Crippen LogP contribution in [0.25, 0.3) is 57.5 Å². The lowest BCUT2D eigenvalue weighted by Crippen LogP contribution is -2.04. The van der Waals surface area contributed by atoms with E-state index in [4.69, 9.17) is 9.97 Å². The first-order valence-corrected chi connectivity index (χ1v) is 12.3.